The first-order chi connectivity index (χ1) is 3.81. The molecule has 0 saturated heterocycles. The van der Waals surface area contributed by atoms with Crippen molar-refractivity contribution in [1.82, 2.24) is 5.32 Å². The minimum absolute atomic E-state index is 0.0992. The molecule has 0 amide bonds. The summed E-state index contributed by atoms with van der Waals surface area (Å²) in [5, 5.41) is 19.6. The van der Waals surface area contributed by atoms with Crippen molar-refractivity contribution in [2.24, 2.45) is 0 Å². The number of nitrogens with one attached hydrogen (secondary N) is 1. The van der Waals surface area contributed by atoms with E-state index in [4.69, 9.17) is 10.2 Å². The molecular formula is C5H13NO2. The van der Waals surface area contributed by atoms with Gasteiger partial charge in [-0.15, -0.1) is 0 Å². The highest BCUT2D eigenvalue weighted by molar-refractivity contribution is 4.55. The first-order valence-corrected chi connectivity index (χ1v) is 2.76. The molecule has 0 unspecified atom stereocenters. The van der Waals surface area contributed by atoms with Crippen molar-refractivity contribution in [2.75, 3.05) is 19.8 Å². The molecular weight excluding hydrogens is 106 g/mol. The highest BCUT2D eigenvalue weighted by Crippen LogP contribution is 1.73. The number of hydrogen-bond donors (Lipinski definition) is 3. The lowest BCUT2D eigenvalue weighted by atomic mass is 10.4. The van der Waals surface area contributed by atoms with Crippen LogP contribution >= 0.6 is 0 Å². The molecule has 3 N–H and O–H groups in total. The van der Waals surface area contributed by atoms with Crippen molar-refractivity contribution in [2.45, 2.75) is 13.0 Å². The van der Waals surface area contributed by atoms with Gasteiger partial charge in [0.15, 0.2) is 0 Å². The molecule has 0 aromatic carbocycles. The number of aliphatic hydroxyl groups is 2. The summed E-state index contributed by atoms with van der Waals surface area (Å²) in [7, 11) is 0. The van der Waals surface area contributed by atoms with Crippen LogP contribution in [0.5, 0.6) is 0 Å². The smallest absolute Gasteiger partial charge is 0.0581 e. The van der Waals surface area contributed by atoms with Crippen LogP contribution in [0.15, 0.2) is 0 Å². The Balaban J connectivity index is 2.86. The van der Waals surface area contributed by atoms with Crippen LogP contribution in [0.25, 0.3) is 0 Å². The molecule has 0 aliphatic carbocycles. The average molecular weight is 119 g/mol. The second-order valence-corrected chi connectivity index (χ2v) is 1.76. The van der Waals surface area contributed by atoms with Crippen molar-refractivity contribution >= 4 is 0 Å². The first-order valence-electron chi connectivity index (χ1n) is 2.76. The lowest BCUT2D eigenvalue weighted by Gasteiger charge is -2.07. The van der Waals surface area contributed by atoms with Crippen LogP contribution in [0.2, 0.25) is 0 Å². The monoisotopic (exact) mass is 119 g/mol. The Hall–Kier alpha value is -0.120. The van der Waals surface area contributed by atoms with Gasteiger partial charge >= 0.3 is 0 Å². The van der Waals surface area contributed by atoms with E-state index in [0.717, 1.165) is 0 Å². The molecule has 3 nitrogen and oxygen atoms in total. The Labute approximate surface area is 49.3 Å². The van der Waals surface area contributed by atoms with E-state index in [1.165, 1.54) is 0 Å². The molecule has 0 spiro atoms. The number of rotatable bonds is 4. The molecule has 0 aliphatic rings. The Bertz CT molecular complexity index is 49.7. The standard InChI is InChI=1S/C5H13NO2/c1-5(4-8)6-2-3-7/h5-8H,2-4H2,1H3/t5-/m1/s1. The highest BCUT2D eigenvalue weighted by atomic mass is 16.3. The van der Waals surface area contributed by atoms with E-state index in [1.807, 2.05) is 6.92 Å². The zero-order valence-corrected chi connectivity index (χ0v) is 5.09. The van der Waals surface area contributed by atoms with Gasteiger partial charge in [-0.1, -0.05) is 0 Å². The van der Waals surface area contributed by atoms with Gasteiger partial charge in [-0.25, -0.2) is 0 Å². The predicted molar refractivity (Wildman–Crippen MR) is 31.6 cm³/mol. The molecule has 0 aromatic heterocycles. The maximum Gasteiger partial charge on any atom is 0.0581 e. The Morgan fingerprint density at radius 1 is 1.50 bits per heavy atom. The van der Waals surface area contributed by atoms with E-state index in [1.54, 1.807) is 0 Å². The van der Waals surface area contributed by atoms with Gasteiger partial charge in [-0.05, 0) is 6.92 Å². The highest BCUT2D eigenvalue weighted by Gasteiger charge is 1.93. The number of hydrogen-bond acceptors (Lipinski definition) is 3. The van der Waals surface area contributed by atoms with E-state index in [9.17, 15) is 0 Å². The summed E-state index contributed by atoms with van der Waals surface area (Å²) < 4.78 is 0. The molecule has 0 radical (unpaired) electrons. The van der Waals surface area contributed by atoms with Crippen LogP contribution in [0, 0.1) is 0 Å². The van der Waals surface area contributed by atoms with Crippen LogP contribution in [0.3, 0.4) is 0 Å². The van der Waals surface area contributed by atoms with E-state index in [2.05, 4.69) is 5.32 Å². The van der Waals surface area contributed by atoms with Crippen LogP contribution < -0.4 is 5.32 Å². The zero-order chi connectivity index (χ0) is 6.41. The molecule has 3 heteroatoms. The minimum Gasteiger partial charge on any atom is -0.395 e. The SMILES string of the molecule is C[C@H](CO)NCCO. The summed E-state index contributed by atoms with van der Waals surface area (Å²) in [6, 6.07) is 0.0992. The number of aliphatic hydroxyl groups excluding tert-OH is 2. The van der Waals surface area contributed by atoms with E-state index >= 15 is 0 Å². The van der Waals surface area contributed by atoms with Gasteiger partial charge in [0.05, 0.1) is 13.2 Å². The van der Waals surface area contributed by atoms with Crippen molar-refractivity contribution in [1.29, 1.82) is 0 Å². The van der Waals surface area contributed by atoms with Gasteiger partial charge in [-0.3, -0.25) is 0 Å². The fourth-order valence-electron chi connectivity index (χ4n) is 0.375. The second-order valence-electron chi connectivity index (χ2n) is 1.76. The molecule has 0 heterocycles. The lowest BCUT2D eigenvalue weighted by molar-refractivity contribution is 0.234. The summed E-state index contributed by atoms with van der Waals surface area (Å²) in [4.78, 5) is 0. The first kappa shape index (κ1) is 7.88. The van der Waals surface area contributed by atoms with Crippen LogP contribution in [-0.4, -0.2) is 36.0 Å². The molecule has 0 fully saturated rings. The van der Waals surface area contributed by atoms with Gasteiger partial charge in [0.25, 0.3) is 0 Å². The molecule has 0 aromatic rings. The normalized spacial score (nSPS) is 13.9. The molecule has 50 valence electrons. The van der Waals surface area contributed by atoms with E-state index in [-0.39, 0.29) is 19.3 Å². The Kier molecular flexibility index (Phi) is 4.95. The summed E-state index contributed by atoms with van der Waals surface area (Å²) in [5.41, 5.74) is 0. The third-order valence-electron chi connectivity index (χ3n) is 0.878. The zero-order valence-electron chi connectivity index (χ0n) is 5.09. The van der Waals surface area contributed by atoms with Crippen LogP contribution in [-0.2, 0) is 0 Å². The van der Waals surface area contributed by atoms with E-state index < -0.39 is 0 Å². The van der Waals surface area contributed by atoms with Crippen molar-refractivity contribution < 1.29 is 10.2 Å². The van der Waals surface area contributed by atoms with Crippen LogP contribution in [0.1, 0.15) is 6.92 Å². The predicted octanol–water partition coefficient (Wildman–Crippen LogP) is -1.05. The maximum atomic E-state index is 8.42. The van der Waals surface area contributed by atoms with Crippen molar-refractivity contribution in [3.63, 3.8) is 0 Å². The summed E-state index contributed by atoms with van der Waals surface area (Å²) >= 11 is 0. The molecule has 0 aliphatic heterocycles. The van der Waals surface area contributed by atoms with Gasteiger partial charge in [0.1, 0.15) is 0 Å². The van der Waals surface area contributed by atoms with Crippen molar-refractivity contribution in [3.05, 3.63) is 0 Å². The van der Waals surface area contributed by atoms with E-state index in [0.29, 0.717) is 6.54 Å². The summed E-state index contributed by atoms with van der Waals surface area (Å²) in [5.74, 6) is 0. The third kappa shape index (κ3) is 4.05. The maximum absolute atomic E-state index is 8.42. The quantitative estimate of drug-likeness (QED) is 0.442. The van der Waals surface area contributed by atoms with Gasteiger partial charge in [0.2, 0.25) is 0 Å². The minimum atomic E-state index is 0.0992. The fraction of sp³-hybridized carbons (Fsp3) is 1.00. The third-order valence-corrected chi connectivity index (χ3v) is 0.878. The largest absolute Gasteiger partial charge is 0.395 e. The van der Waals surface area contributed by atoms with Gasteiger partial charge in [0, 0.05) is 12.6 Å². The van der Waals surface area contributed by atoms with Gasteiger partial charge in [-0.2, -0.15) is 0 Å². The molecule has 0 saturated carbocycles. The lowest BCUT2D eigenvalue weighted by Crippen LogP contribution is -2.31. The summed E-state index contributed by atoms with van der Waals surface area (Å²) in [6.45, 7) is 2.67. The molecule has 0 bridgehead atoms. The molecule has 8 heavy (non-hydrogen) atoms. The molecule has 0 rings (SSSR count). The van der Waals surface area contributed by atoms with Gasteiger partial charge < -0.3 is 15.5 Å². The summed E-state index contributed by atoms with van der Waals surface area (Å²) in [6.07, 6.45) is 0. The Morgan fingerprint density at radius 3 is 2.50 bits per heavy atom. The average Bonchev–Trinajstić information content (AvgIpc) is 1.83. The fourth-order valence-corrected chi connectivity index (χ4v) is 0.375. The van der Waals surface area contributed by atoms with Crippen LogP contribution in [0.4, 0.5) is 0 Å². The second kappa shape index (κ2) is 5.03. The molecule has 1 atom stereocenters. The topological polar surface area (TPSA) is 52.5 Å². The Morgan fingerprint density at radius 2 is 2.12 bits per heavy atom. The van der Waals surface area contributed by atoms with Crippen molar-refractivity contribution in [3.8, 4) is 0 Å².